The van der Waals surface area contributed by atoms with Crippen LogP contribution in [-0.2, 0) is 13.0 Å². The smallest absolute Gasteiger partial charge is 0.230 e. The number of thiazole rings is 1. The molecule has 0 amide bonds. The van der Waals surface area contributed by atoms with Crippen LogP contribution in [0.5, 0.6) is 5.88 Å². The number of hydrogen-bond donors (Lipinski definition) is 1. The van der Waals surface area contributed by atoms with Crippen LogP contribution in [0.2, 0.25) is 0 Å². The molecule has 1 aliphatic rings. The van der Waals surface area contributed by atoms with Gasteiger partial charge in [-0.1, -0.05) is 47.7 Å². The summed E-state index contributed by atoms with van der Waals surface area (Å²) in [6.45, 7) is 1.50. The SMILES string of the molecule is Oc1c([C@H](c2cccc(F)c2)N2CCc3ccccc3C2)sc2nc(-c3ccco3)nn12. The van der Waals surface area contributed by atoms with Crippen LogP contribution >= 0.6 is 11.3 Å². The molecule has 0 saturated carbocycles. The summed E-state index contributed by atoms with van der Waals surface area (Å²) >= 11 is 1.36. The molecule has 4 heterocycles. The third-order valence-electron chi connectivity index (χ3n) is 5.88. The van der Waals surface area contributed by atoms with Gasteiger partial charge in [0.2, 0.25) is 16.7 Å². The minimum absolute atomic E-state index is 0.0171. The lowest BCUT2D eigenvalue weighted by Gasteiger charge is -2.35. The fourth-order valence-electron chi connectivity index (χ4n) is 4.38. The van der Waals surface area contributed by atoms with Gasteiger partial charge in [-0.15, -0.1) is 5.10 Å². The van der Waals surface area contributed by atoms with Crippen molar-refractivity contribution in [3.05, 3.63) is 94.3 Å². The fraction of sp³-hybridized carbons (Fsp3) is 0.167. The molecule has 0 unspecified atom stereocenters. The maximum atomic E-state index is 14.2. The number of furan rings is 1. The van der Waals surface area contributed by atoms with Crippen molar-refractivity contribution in [2.45, 2.75) is 19.0 Å². The van der Waals surface area contributed by atoms with E-state index in [1.54, 1.807) is 24.5 Å². The van der Waals surface area contributed by atoms with Crippen LogP contribution in [0.25, 0.3) is 16.5 Å². The van der Waals surface area contributed by atoms with Crippen LogP contribution in [0, 0.1) is 5.82 Å². The monoisotopic (exact) mass is 446 g/mol. The Hall–Kier alpha value is -3.49. The Morgan fingerprint density at radius 1 is 1.06 bits per heavy atom. The van der Waals surface area contributed by atoms with Crippen molar-refractivity contribution in [3.63, 3.8) is 0 Å². The summed E-state index contributed by atoms with van der Waals surface area (Å²) in [7, 11) is 0. The molecule has 1 N–H and O–H groups in total. The maximum Gasteiger partial charge on any atom is 0.230 e. The van der Waals surface area contributed by atoms with Gasteiger partial charge in [0.15, 0.2) is 5.76 Å². The highest BCUT2D eigenvalue weighted by Gasteiger charge is 2.32. The lowest BCUT2D eigenvalue weighted by atomic mass is 9.95. The van der Waals surface area contributed by atoms with E-state index in [9.17, 15) is 9.50 Å². The highest BCUT2D eigenvalue weighted by atomic mass is 32.1. The molecule has 0 fully saturated rings. The second-order valence-corrected chi connectivity index (χ2v) is 8.85. The lowest BCUT2D eigenvalue weighted by molar-refractivity contribution is 0.205. The topological polar surface area (TPSA) is 66.8 Å². The Balaban J connectivity index is 1.45. The van der Waals surface area contributed by atoms with E-state index in [0.29, 0.717) is 28.0 Å². The molecule has 160 valence electrons. The quantitative estimate of drug-likeness (QED) is 0.419. The van der Waals surface area contributed by atoms with E-state index < -0.39 is 0 Å². The van der Waals surface area contributed by atoms with Gasteiger partial charge in [-0.25, -0.2) is 4.39 Å². The van der Waals surface area contributed by atoms with Crippen molar-refractivity contribution in [2.24, 2.45) is 0 Å². The average Bonchev–Trinajstić information content (AvgIpc) is 3.53. The highest BCUT2D eigenvalue weighted by Crippen LogP contribution is 2.42. The minimum atomic E-state index is -0.320. The number of halogens is 1. The molecule has 32 heavy (non-hydrogen) atoms. The molecule has 0 bridgehead atoms. The second-order valence-electron chi connectivity index (χ2n) is 7.84. The Bertz CT molecular complexity index is 1410. The van der Waals surface area contributed by atoms with Crippen molar-refractivity contribution in [1.29, 1.82) is 0 Å². The third kappa shape index (κ3) is 3.19. The summed E-state index contributed by atoms with van der Waals surface area (Å²) in [4.78, 5) is 8.06. The van der Waals surface area contributed by atoms with Crippen molar-refractivity contribution < 1.29 is 13.9 Å². The first-order valence-electron chi connectivity index (χ1n) is 10.4. The molecule has 0 aliphatic carbocycles. The zero-order chi connectivity index (χ0) is 21.7. The summed E-state index contributed by atoms with van der Waals surface area (Å²) in [5.41, 5.74) is 3.37. The number of nitrogens with zero attached hydrogens (tertiary/aromatic N) is 4. The first-order chi connectivity index (χ1) is 15.7. The number of fused-ring (bicyclic) bond motifs is 2. The van der Waals surface area contributed by atoms with E-state index in [1.165, 1.54) is 39.1 Å². The summed E-state index contributed by atoms with van der Waals surface area (Å²) in [6, 6.07) is 18.2. The van der Waals surface area contributed by atoms with Gasteiger partial charge in [-0.05, 0) is 47.4 Å². The Kier molecular flexibility index (Phi) is 4.55. The van der Waals surface area contributed by atoms with E-state index >= 15 is 0 Å². The summed E-state index contributed by atoms with van der Waals surface area (Å²) < 4.78 is 21.0. The van der Waals surface area contributed by atoms with Gasteiger partial charge >= 0.3 is 0 Å². The van der Waals surface area contributed by atoms with Gasteiger partial charge in [0.25, 0.3) is 0 Å². The van der Waals surface area contributed by atoms with Gasteiger partial charge in [0.05, 0.1) is 17.2 Å². The fourth-order valence-corrected chi connectivity index (χ4v) is 5.50. The number of rotatable bonds is 4. The Morgan fingerprint density at radius 3 is 2.72 bits per heavy atom. The van der Waals surface area contributed by atoms with Crippen molar-refractivity contribution in [3.8, 4) is 17.5 Å². The van der Waals surface area contributed by atoms with Gasteiger partial charge in [-0.3, -0.25) is 4.90 Å². The van der Waals surface area contributed by atoms with E-state index in [2.05, 4.69) is 33.2 Å². The number of aromatic hydroxyl groups is 1. The molecule has 8 heteroatoms. The van der Waals surface area contributed by atoms with E-state index in [-0.39, 0.29) is 17.7 Å². The molecule has 2 aromatic carbocycles. The zero-order valence-corrected chi connectivity index (χ0v) is 17.8. The standard InChI is InChI=1S/C24H19FN4O2S/c25-18-8-3-7-16(13-18)20(28-11-10-15-5-1-2-6-17(15)14-28)21-23(30)29-24(32-21)26-22(27-29)19-9-4-12-31-19/h1-9,12-13,20,30H,10-11,14H2/t20-/m0/s1. The molecular formula is C24H19FN4O2S. The number of aromatic nitrogens is 3. The van der Waals surface area contributed by atoms with Crippen LogP contribution in [-0.4, -0.2) is 31.1 Å². The molecule has 0 saturated heterocycles. The molecule has 6 nitrogen and oxygen atoms in total. The lowest BCUT2D eigenvalue weighted by Crippen LogP contribution is -2.34. The Labute approximate surface area is 187 Å². The molecule has 0 radical (unpaired) electrons. The zero-order valence-electron chi connectivity index (χ0n) is 17.0. The number of hydrogen-bond acceptors (Lipinski definition) is 6. The van der Waals surface area contributed by atoms with E-state index in [0.717, 1.165) is 18.5 Å². The highest BCUT2D eigenvalue weighted by molar-refractivity contribution is 7.17. The van der Waals surface area contributed by atoms with E-state index in [1.807, 2.05) is 12.1 Å². The van der Waals surface area contributed by atoms with Crippen LogP contribution < -0.4 is 0 Å². The summed E-state index contributed by atoms with van der Waals surface area (Å²) in [6.07, 6.45) is 2.45. The van der Waals surface area contributed by atoms with Crippen molar-refractivity contribution >= 4 is 16.3 Å². The van der Waals surface area contributed by atoms with Crippen LogP contribution in [0.4, 0.5) is 4.39 Å². The van der Waals surface area contributed by atoms with Gasteiger partial charge in [-0.2, -0.15) is 9.50 Å². The molecular weight excluding hydrogens is 427 g/mol. The second kappa shape index (κ2) is 7.58. The molecule has 6 rings (SSSR count). The maximum absolute atomic E-state index is 14.2. The first kappa shape index (κ1) is 19.2. The molecule has 1 atom stereocenters. The van der Waals surface area contributed by atoms with Gasteiger partial charge in [0, 0.05) is 13.1 Å². The van der Waals surface area contributed by atoms with Crippen LogP contribution in [0.1, 0.15) is 27.6 Å². The Morgan fingerprint density at radius 2 is 1.94 bits per heavy atom. The minimum Gasteiger partial charge on any atom is -0.492 e. The molecule has 5 aromatic rings. The first-order valence-corrected chi connectivity index (χ1v) is 11.2. The predicted molar refractivity (Wildman–Crippen MR) is 119 cm³/mol. The molecule has 3 aromatic heterocycles. The average molecular weight is 447 g/mol. The van der Waals surface area contributed by atoms with Gasteiger partial charge in [0.1, 0.15) is 5.82 Å². The molecule has 0 spiro atoms. The van der Waals surface area contributed by atoms with Crippen molar-refractivity contribution in [2.75, 3.05) is 6.54 Å². The normalized spacial score (nSPS) is 15.2. The van der Waals surface area contributed by atoms with Gasteiger partial charge < -0.3 is 9.52 Å². The largest absolute Gasteiger partial charge is 0.492 e. The van der Waals surface area contributed by atoms with E-state index in [4.69, 9.17) is 4.42 Å². The summed E-state index contributed by atoms with van der Waals surface area (Å²) in [5, 5.41) is 15.6. The number of benzene rings is 2. The van der Waals surface area contributed by atoms with Crippen LogP contribution in [0.15, 0.2) is 71.3 Å². The summed E-state index contributed by atoms with van der Waals surface area (Å²) in [5.74, 6) is 0.667. The predicted octanol–water partition coefficient (Wildman–Crippen LogP) is 5.04. The third-order valence-corrected chi connectivity index (χ3v) is 6.95. The molecule has 1 aliphatic heterocycles. The van der Waals surface area contributed by atoms with Crippen LogP contribution in [0.3, 0.4) is 0 Å². The van der Waals surface area contributed by atoms with Crippen molar-refractivity contribution in [1.82, 2.24) is 19.5 Å².